The van der Waals surface area contributed by atoms with Gasteiger partial charge >= 0.3 is 0 Å². The number of phenols is 1. The SMILES string of the molecule is Cc1ccc(O)c(C(C)NCCCOCc2ccco2)c1. The quantitative estimate of drug-likeness (QED) is 0.730. The standard InChI is InChI=1S/C17H23NO3/c1-13-6-7-17(19)16(11-13)14(2)18-8-4-9-20-12-15-5-3-10-21-15/h3,5-7,10-11,14,18-19H,4,8-9,12H2,1-2H3. The summed E-state index contributed by atoms with van der Waals surface area (Å²) in [4.78, 5) is 0. The molecule has 1 aromatic heterocycles. The van der Waals surface area contributed by atoms with Crippen molar-refractivity contribution in [1.29, 1.82) is 0 Å². The van der Waals surface area contributed by atoms with E-state index in [1.165, 1.54) is 0 Å². The molecule has 0 aliphatic rings. The smallest absolute Gasteiger partial charge is 0.129 e. The molecule has 0 fully saturated rings. The zero-order chi connectivity index (χ0) is 15.1. The van der Waals surface area contributed by atoms with Gasteiger partial charge in [-0.2, -0.15) is 0 Å². The number of hydrogen-bond donors (Lipinski definition) is 2. The first kappa shape index (κ1) is 15.6. The summed E-state index contributed by atoms with van der Waals surface area (Å²) in [5, 5.41) is 13.3. The lowest BCUT2D eigenvalue weighted by molar-refractivity contribution is 0.103. The Morgan fingerprint density at radius 3 is 2.95 bits per heavy atom. The van der Waals surface area contributed by atoms with Crippen LogP contribution in [0.4, 0.5) is 0 Å². The Bertz CT molecular complexity index is 537. The Morgan fingerprint density at radius 2 is 2.19 bits per heavy atom. The van der Waals surface area contributed by atoms with Crippen molar-refractivity contribution in [2.75, 3.05) is 13.2 Å². The van der Waals surface area contributed by atoms with Gasteiger partial charge in [0.05, 0.1) is 6.26 Å². The summed E-state index contributed by atoms with van der Waals surface area (Å²) in [6.45, 7) is 6.12. The fourth-order valence-electron chi connectivity index (χ4n) is 2.19. The van der Waals surface area contributed by atoms with Gasteiger partial charge < -0.3 is 19.6 Å². The van der Waals surface area contributed by atoms with E-state index in [0.717, 1.165) is 29.9 Å². The van der Waals surface area contributed by atoms with Crippen molar-refractivity contribution >= 4 is 0 Å². The molecule has 1 heterocycles. The molecule has 0 aliphatic carbocycles. The molecule has 0 radical (unpaired) electrons. The highest BCUT2D eigenvalue weighted by Gasteiger charge is 2.09. The molecule has 0 amide bonds. The van der Waals surface area contributed by atoms with E-state index in [1.54, 1.807) is 12.3 Å². The summed E-state index contributed by atoms with van der Waals surface area (Å²) in [5.74, 6) is 1.19. The maximum atomic E-state index is 9.88. The Hall–Kier alpha value is -1.78. The number of rotatable bonds is 8. The van der Waals surface area contributed by atoms with Crippen LogP contribution in [0.5, 0.6) is 5.75 Å². The van der Waals surface area contributed by atoms with Crippen molar-refractivity contribution < 1.29 is 14.3 Å². The summed E-state index contributed by atoms with van der Waals surface area (Å²) in [7, 11) is 0. The molecule has 114 valence electrons. The number of furan rings is 1. The van der Waals surface area contributed by atoms with E-state index < -0.39 is 0 Å². The molecule has 0 aliphatic heterocycles. The minimum Gasteiger partial charge on any atom is -0.508 e. The van der Waals surface area contributed by atoms with Crippen molar-refractivity contribution in [3.05, 3.63) is 53.5 Å². The van der Waals surface area contributed by atoms with E-state index in [0.29, 0.717) is 19.0 Å². The number of benzene rings is 1. The third-order valence-electron chi connectivity index (χ3n) is 3.39. The maximum Gasteiger partial charge on any atom is 0.129 e. The molecule has 1 aromatic carbocycles. The number of hydrogen-bond acceptors (Lipinski definition) is 4. The van der Waals surface area contributed by atoms with Crippen LogP contribution < -0.4 is 5.32 Å². The largest absolute Gasteiger partial charge is 0.508 e. The molecule has 4 nitrogen and oxygen atoms in total. The lowest BCUT2D eigenvalue weighted by Gasteiger charge is -2.16. The minimum absolute atomic E-state index is 0.120. The fraction of sp³-hybridized carbons (Fsp3) is 0.412. The number of ether oxygens (including phenoxy) is 1. The first-order chi connectivity index (χ1) is 10.2. The number of aromatic hydroxyl groups is 1. The van der Waals surface area contributed by atoms with E-state index in [1.807, 2.05) is 31.2 Å². The second-order valence-electron chi connectivity index (χ2n) is 5.22. The summed E-state index contributed by atoms with van der Waals surface area (Å²) < 4.78 is 10.7. The van der Waals surface area contributed by atoms with Gasteiger partial charge in [-0.3, -0.25) is 0 Å². The van der Waals surface area contributed by atoms with Gasteiger partial charge in [-0.1, -0.05) is 17.7 Å². The highest BCUT2D eigenvalue weighted by molar-refractivity contribution is 5.37. The Morgan fingerprint density at radius 1 is 1.33 bits per heavy atom. The van der Waals surface area contributed by atoms with Gasteiger partial charge in [0.15, 0.2) is 0 Å². The van der Waals surface area contributed by atoms with Crippen molar-refractivity contribution in [2.45, 2.75) is 32.9 Å². The van der Waals surface area contributed by atoms with Crippen LogP contribution in [0.25, 0.3) is 0 Å². The summed E-state index contributed by atoms with van der Waals surface area (Å²) in [6, 6.07) is 9.55. The van der Waals surface area contributed by atoms with E-state index in [4.69, 9.17) is 9.15 Å². The number of aryl methyl sites for hydroxylation is 1. The molecule has 0 bridgehead atoms. The molecule has 1 unspecified atom stereocenters. The lowest BCUT2D eigenvalue weighted by atomic mass is 10.0. The fourth-order valence-corrected chi connectivity index (χ4v) is 2.19. The minimum atomic E-state index is 0.120. The van der Waals surface area contributed by atoms with Gasteiger partial charge in [0.2, 0.25) is 0 Å². The zero-order valence-corrected chi connectivity index (χ0v) is 12.6. The van der Waals surface area contributed by atoms with Gasteiger partial charge in [0.1, 0.15) is 18.1 Å². The highest BCUT2D eigenvalue weighted by Crippen LogP contribution is 2.24. The number of nitrogens with one attached hydrogen (secondary N) is 1. The number of phenolic OH excluding ortho intramolecular Hbond substituents is 1. The van der Waals surface area contributed by atoms with Crippen molar-refractivity contribution in [1.82, 2.24) is 5.32 Å². The topological polar surface area (TPSA) is 54.6 Å². The van der Waals surface area contributed by atoms with Crippen LogP contribution >= 0.6 is 0 Å². The highest BCUT2D eigenvalue weighted by atomic mass is 16.5. The van der Waals surface area contributed by atoms with Crippen LogP contribution in [0, 0.1) is 6.92 Å². The van der Waals surface area contributed by atoms with Crippen LogP contribution in [0.2, 0.25) is 0 Å². The van der Waals surface area contributed by atoms with E-state index in [9.17, 15) is 5.11 Å². The van der Waals surface area contributed by atoms with Gasteiger partial charge in [-0.15, -0.1) is 0 Å². The van der Waals surface area contributed by atoms with Crippen molar-refractivity contribution in [3.63, 3.8) is 0 Å². The first-order valence-electron chi connectivity index (χ1n) is 7.30. The third kappa shape index (κ3) is 4.92. The zero-order valence-electron chi connectivity index (χ0n) is 12.6. The van der Waals surface area contributed by atoms with Crippen LogP contribution in [0.1, 0.15) is 36.3 Å². The van der Waals surface area contributed by atoms with Gasteiger partial charge in [0, 0.05) is 18.2 Å². The molecule has 4 heteroatoms. The third-order valence-corrected chi connectivity index (χ3v) is 3.39. The molecule has 21 heavy (non-hydrogen) atoms. The van der Waals surface area contributed by atoms with Crippen LogP contribution in [0.3, 0.4) is 0 Å². The summed E-state index contributed by atoms with van der Waals surface area (Å²) in [6.07, 6.45) is 2.56. The lowest BCUT2D eigenvalue weighted by Crippen LogP contribution is -2.21. The molecule has 0 saturated carbocycles. The average Bonchev–Trinajstić information content (AvgIpc) is 2.98. The normalized spacial score (nSPS) is 12.5. The van der Waals surface area contributed by atoms with Crippen molar-refractivity contribution in [3.8, 4) is 5.75 Å². The van der Waals surface area contributed by atoms with Crippen LogP contribution in [-0.2, 0) is 11.3 Å². The summed E-state index contributed by atoms with van der Waals surface area (Å²) in [5.41, 5.74) is 2.09. The van der Waals surface area contributed by atoms with E-state index in [2.05, 4.69) is 12.2 Å². The van der Waals surface area contributed by atoms with Gasteiger partial charge in [0.25, 0.3) is 0 Å². The molecule has 2 rings (SSSR count). The Labute approximate surface area is 125 Å². The molecule has 0 spiro atoms. The van der Waals surface area contributed by atoms with Crippen LogP contribution in [-0.4, -0.2) is 18.3 Å². The molecular weight excluding hydrogens is 266 g/mol. The van der Waals surface area contributed by atoms with Gasteiger partial charge in [-0.05, 0) is 45.0 Å². The monoisotopic (exact) mass is 289 g/mol. The first-order valence-corrected chi connectivity index (χ1v) is 7.30. The predicted octanol–water partition coefficient (Wildman–Crippen LogP) is 3.55. The second-order valence-corrected chi connectivity index (χ2v) is 5.22. The van der Waals surface area contributed by atoms with E-state index >= 15 is 0 Å². The summed E-state index contributed by atoms with van der Waals surface area (Å²) >= 11 is 0. The van der Waals surface area contributed by atoms with E-state index in [-0.39, 0.29) is 6.04 Å². The van der Waals surface area contributed by atoms with Crippen molar-refractivity contribution in [2.24, 2.45) is 0 Å². The molecule has 0 saturated heterocycles. The molecule has 2 aromatic rings. The predicted molar refractivity (Wildman–Crippen MR) is 82.2 cm³/mol. The Balaban J connectivity index is 1.65. The molecular formula is C17H23NO3. The Kier molecular flexibility index (Phi) is 5.84. The second kappa shape index (κ2) is 7.86. The average molecular weight is 289 g/mol. The maximum absolute atomic E-state index is 9.88. The van der Waals surface area contributed by atoms with Crippen LogP contribution in [0.15, 0.2) is 41.0 Å². The molecule has 1 atom stereocenters. The van der Waals surface area contributed by atoms with Gasteiger partial charge in [-0.25, -0.2) is 0 Å². The molecule has 2 N–H and O–H groups in total.